The lowest BCUT2D eigenvalue weighted by molar-refractivity contribution is -0.125. The first kappa shape index (κ1) is 7.77. The molecule has 0 amide bonds. The molecule has 1 rings (SSSR count). The maximum atomic E-state index is 11.3. The Morgan fingerprint density at radius 3 is 1.90 bits per heavy atom. The average Bonchev–Trinajstić information content (AvgIpc) is 2.04. The molecule has 0 spiro atoms. The molecule has 0 aromatic heterocycles. The molecule has 0 heterocycles. The van der Waals surface area contributed by atoms with Gasteiger partial charge in [0.1, 0.15) is 5.78 Å². The molecular formula is C9H16O. The van der Waals surface area contributed by atoms with Gasteiger partial charge in [-0.25, -0.2) is 0 Å². The van der Waals surface area contributed by atoms with Gasteiger partial charge in [-0.3, -0.25) is 4.79 Å². The lowest BCUT2D eigenvalue weighted by Crippen LogP contribution is -2.16. The second-order valence-electron chi connectivity index (χ2n) is 3.49. The van der Waals surface area contributed by atoms with E-state index < -0.39 is 0 Å². The smallest absolute Gasteiger partial charge is 0.138 e. The minimum atomic E-state index is 0.331. The third-order valence-corrected chi connectivity index (χ3v) is 2.50. The maximum absolute atomic E-state index is 11.3. The number of rotatable bonds is 0. The van der Waals surface area contributed by atoms with Crippen LogP contribution in [0.4, 0.5) is 0 Å². The minimum absolute atomic E-state index is 0.331. The quantitative estimate of drug-likeness (QED) is 0.472. The van der Waals surface area contributed by atoms with Gasteiger partial charge in [-0.2, -0.15) is 0 Å². The van der Waals surface area contributed by atoms with Crippen LogP contribution in [0.3, 0.4) is 0 Å². The molecule has 1 aliphatic rings. The largest absolute Gasteiger partial charge is 0.299 e. The van der Waals surface area contributed by atoms with Crippen LogP contribution in [0.1, 0.15) is 39.5 Å². The fourth-order valence-electron chi connectivity index (χ4n) is 1.67. The first-order chi connectivity index (χ1) is 4.72. The van der Waals surface area contributed by atoms with Crippen LogP contribution in [-0.2, 0) is 4.79 Å². The third-order valence-electron chi connectivity index (χ3n) is 2.50. The van der Waals surface area contributed by atoms with Gasteiger partial charge in [0.25, 0.3) is 0 Å². The van der Waals surface area contributed by atoms with Crippen molar-refractivity contribution in [3.05, 3.63) is 0 Å². The molecule has 0 aromatic carbocycles. The zero-order valence-electron chi connectivity index (χ0n) is 6.89. The van der Waals surface area contributed by atoms with Crippen molar-refractivity contribution in [2.45, 2.75) is 39.5 Å². The molecule has 1 fully saturated rings. The Morgan fingerprint density at radius 1 is 1.10 bits per heavy atom. The van der Waals surface area contributed by atoms with Crippen LogP contribution < -0.4 is 0 Å². The number of ketones is 1. The zero-order chi connectivity index (χ0) is 7.56. The second kappa shape index (κ2) is 3.18. The third kappa shape index (κ3) is 1.59. The lowest BCUT2D eigenvalue weighted by atomic mass is 9.95. The molecule has 0 radical (unpaired) electrons. The molecule has 0 bridgehead atoms. The molecule has 1 heteroatoms. The molecule has 0 saturated heterocycles. The summed E-state index contributed by atoms with van der Waals surface area (Å²) in [6.45, 7) is 4.12. The highest BCUT2D eigenvalue weighted by molar-refractivity contribution is 5.82. The van der Waals surface area contributed by atoms with Gasteiger partial charge in [-0.1, -0.05) is 26.7 Å². The molecule has 0 aliphatic heterocycles. The molecule has 58 valence electrons. The van der Waals surface area contributed by atoms with Crippen molar-refractivity contribution in [3.8, 4) is 0 Å². The number of carbonyl (C=O) groups is 1. The van der Waals surface area contributed by atoms with Crippen LogP contribution in [0.25, 0.3) is 0 Å². The second-order valence-corrected chi connectivity index (χ2v) is 3.49. The molecule has 10 heavy (non-hydrogen) atoms. The fourth-order valence-corrected chi connectivity index (χ4v) is 1.67. The van der Waals surface area contributed by atoms with E-state index in [-0.39, 0.29) is 0 Å². The summed E-state index contributed by atoms with van der Waals surface area (Å²) < 4.78 is 0. The summed E-state index contributed by atoms with van der Waals surface area (Å²) in [6, 6.07) is 0. The Balaban J connectivity index is 2.55. The van der Waals surface area contributed by atoms with Crippen molar-refractivity contribution < 1.29 is 4.79 Å². The summed E-state index contributed by atoms with van der Waals surface area (Å²) in [5.41, 5.74) is 0. The van der Waals surface area contributed by atoms with Gasteiger partial charge in [-0.15, -0.1) is 0 Å². The van der Waals surface area contributed by atoms with E-state index in [1.165, 1.54) is 12.8 Å². The highest BCUT2D eigenvalue weighted by Gasteiger charge is 2.21. The molecule has 1 nitrogen and oxygen atoms in total. The summed E-state index contributed by atoms with van der Waals surface area (Å²) in [4.78, 5) is 11.3. The summed E-state index contributed by atoms with van der Waals surface area (Å²) >= 11 is 0. The van der Waals surface area contributed by atoms with Gasteiger partial charge in [-0.05, 0) is 12.8 Å². The van der Waals surface area contributed by atoms with Gasteiger partial charge in [0.2, 0.25) is 0 Å². The molecule has 2 atom stereocenters. The zero-order valence-corrected chi connectivity index (χ0v) is 6.89. The van der Waals surface area contributed by atoms with Gasteiger partial charge < -0.3 is 0 Å². The first-order valence-corrected chi connectivity index (χ1v) is 4.25. The Hall–Kier alpha value is -0.330. The normalized spacial score (nSPS) is 35.6. The van der Waals surface area contributed by atoms with Crippen molar-refractivity contribution in [1.82, 2.24) is 0 Å². The summed E-state index contributed by atoms with van der Waals surface area (Å²) in [5.74, 6) is 1.15. The SMILES string of the molecule is CC1CCCCC(C)C1=O. The summed E-state index contributed by atoms with van der Waals surface area (Å²) in [7, 11) is 0. The average molecular weight is 140 g/mol. The fraction of sp³-hybridized carbons (Fsp3) is 0.889. The van der Waals surface area contributed by atoms with E-state index in [1.807, 2.05) is 0 Å². The van der Waals surface area contributed by atoms with E-state index in [2.05, 4.69) is 13.8 Å². The maximum Gasteiger partial charge on any atom is 0.138 e. The molecule has 1 aliphatic carbocycles. The van der Waals surface area contributed by atoms with E-state index in [1.54, 1.807) is 0 Å². The predicted octanol–water partition coefficient (Wildman–Crippen LogP) is 2.40. The highest BCUT2D eigenvalue weighted by Crippen LogP contribution is 2.23. The predicted molar refractivity (Wildman–Crippen MR) is 41.8 cm³/mol. The topological polar surface area (TPSA) is 17.1 Å². The van der Waals surface area contributed by atoms with Crippen molar-refractivity contribution in [2.75, 3.05) is 0 Å². The standard InChI is InChI=1S/C9H16O/c1-7-5-3-4-6-8(2)9(7)10/h7-8H,3-6H2,1-2H3. The van der Waals surface area contributed by atoms with E-state index in [4.69, 9.17) is 0 Å². The van der Waals surface area contributed by atoms with E-state index in [0.29, 0.717) is 17.6 Å². The molecule has 2 unspecified atom stereocenters. The Kier molecular flexibility index (Phi) is 2.47. The van der Waals surface area contributed by atoms with Crippen molar-refractivity contribution in [1.29, 1.82) is 0 Å². The Bertz CT molecular complexity index is 115. The highest BCUT2D eigenvalue weighted by atomic mass is 16.1. The summed E-state index contributed by atoms with van der Waals surface area (Å²) in [5, 5.41) is 0. The monoisotopic (exact) mass is 140 g/mol. The number of hydrogen-bond donors (Lipinski definition) is 0. The van der Waals surface area contributed by atoms with Crippen LogP contribution in [0.5, 0.6) is 0 Å². The molecule has 0 N–H and O–H groups in total. The lowest BCUT2D eigenvalue weighted by Gasteiger charge is -2.09. The van der Waals surface area contributed by atoms with Gasteiger partial charge in [0.15, 0.2) is 0 Å². The minimum Gasteiger partial charge on any atom is -0.299 e. The van der Waals surface area contributed by atoms with Gasteiger partial charge in [0, 0.05) is 11.8 Å². The number of hydrogen-bond acceptors (Lipinski definition) is 1. The number of Topliss-reactive ketones (excluding diaryl/α,β-unsaturated/α-hetero) is 1. The molecule has 1 saturated carbocycles. The summed E-state index contributed by atoms with van der Waals surface area (Å²) in [6.07, 6.45) is 4.72. The van der Waals surface area contributed by atoms with Crippen LogP contribution >= 0.6 is 0 Å². The van der Waals surface area contributed by atoms with Crippen LogP contribution in [0.2, 0.25) is 0 Å². The molecule has 0 aromatic rings. The van der Waals surface area contributed by atoms with Crippen LogP contribution in [-0.4, -0.2) is 5.78 Å². The van der Waals surface area contributed by atoms with Gasteiger partial charge >= 0.3 is 0 Å². The Labute approximate surface area is 62.8 Å². The van der Waals surface area contributed by atoms with E-state index in [0.717, 1.165) is 12.8 Å². The molecular weight excluding hydrogens is 124 g/mol. The van der Waals surface area contributed by atoms with Crippen LogP contribution in [0, 0.1) is 11.8 Å². The van der Waals surface area contributed by atoms with Crippen molar-refractivity contribution >= 4 is 5.78 Å². The van der Waals surface area contributed by atoms with Crippen LogP contribution in [0.15, 0.2) is 0 Å². The Morgan fingerprint density at radius 2 is 1.50 bits per heavy atom. The van der Waals surface area contributed by atoms with Crippen molar-refractivity contribution in [2.24, 2.45) is 11.8 Å². The first-order valence-electron chi connectivity index (χ1n) is 4.25. The van der Waals surface area contributed by atoms with Crippen molar-refractivity contribution in [3.63, 3.8) is 0 Å². The van der Waals surface area contributed by atoms with E-state index in [9.17, 15) is 4.79 Å². The number of carbonyl (C=O) groups excluding carboxylic acids is 1. The van der Waals surface area contributed by atoms with E-state index >= 15 is 0 Å². The van der Waals surface area contributed by atoms with Gasteiger partial charge in [0.05, 0.1) is 0 Å².